The molecule has 86 valence electrons. The molecule has 0 saturated heterocycles. The van der Waals surface area contributed by atoms with Gasteiger partial charge in [-0.25, -0.2) is 0 Å². The molecule has 0 radical (unpaired) electrons. The first-order valence-electron chi connectivity index (χ1n) is 5.82. The lowest BCUT2D eigenvalue weighted by atomic mass is 10.1. The van der Waals surface area contributed by atoms with Crippen LogP contribution in [0.5, 0.6) is 5.75 Å². The monoisotopic (exact) mass is 225 g/mol. The lowest BCUT2D eigenvalue weighted by Crippen LogP contribution is -2.14. The van der Waals surface area contributed by atoms with E-state index in [4.69, 9.17) is 4.74 Å². The minimum atomic E-state index is 0.908. The molecular weight excluding hydrogens is 210 g/mol. The number of rotatable bonds is 2. The van der Waals surface area contributed by atoms with Gasteiger partial charge in [0.25, 0.3) is 0 Å². The summed E-state index contributed by atoms with van der Waals surface area (Å²) in [5.74, 6) is 0.908. The number of benzene rings is 2. The predicted octanol–water partition coefficient (Wildman–Crippen LogP) is 3.22. The van der Waals surface area contributed by atoms with Crippen LogP contribution in [0.3, 0.4) is 0 Å². The van der Waals surface area contributed by atoms with Crippen molar-refractivity contribution in [2.45, 2.75) is 13.1 Å². The summed E-state index contributed by atoms with van der Waals surface area (Å²) >= 11 is 0. The zero-order valence-electron chi connectivity index (χ0n) is 9.89. The van der Waals surface area contributed by atoms with Crippen molar-refractivity contribution < 1.29 is 4.74 Å². The molecule has 2 aromatic rings. The first kappa shape index (κ1) is 10.2. The maximum absolute atomic E-state index is 5.18. The van der Waals surface area contributed by atoms with Gasteiger partial charge in [-0.1, -0.05) is 24.3 Å². The smallest absolute Gasteiger partial charge is 0.119 e. The fourth-order valence-electron chi connectivity index (χ4n) is 2.31. The summed E-state index contributed by atoms with van der Waals surface area (Å²) in [5.41, 5.74) is 4.12. The Morgan fingerprint density at radius 2 is 1.47 bits per heavy atom. The average Bonchev–Trinajstić information content (AvgIpc) is 2.82. The van der Waals surface area contributed by atoms with Crippen LogP contribution in [-0.2, 0) is 13.1 Å². The lowest BCUT2D eigenvalue weighted by molar-refractivity contribution is 0.415. The first-order valence-corrected chi connectivity index (χ1v) is 5.82. The van der Waals surface area contributed by atoms with Crippen molar-refractivity contribution >= 4 is 5.69 Å². The van der Waals surface area contributed by atoms with Crippen LogP contribution in [0.25, 0.3) is 0 Å². The molecule has 0 aromatic heterocycles. The normalized spacial score (nSPS) is 13.6. The third-order valence-corrected chi connectivity index (χ3v) is 3.28. The second-order valence-corrected chi connectivity index (χ2v) is 4.32. The maximum atomic E-state index is 5.18. The molecule has 0 saturated carbocycles. The highest BCUT2D eigenvalue weighted by Gasteiger charge is 2.18. The Kier molecular flexibility index (Phi) is 2.48. The van der Waals surface area contributed by atoms with E-state index in [2.05, 4.69) is 41.3 Å². The van der Waals surface area contributed by atoms with Crippen LogP contribution in [0.15, 0.2) is 48.5 Å². The van der Waals surface area contributed by atoms with E-state index in [1.54, 1.807) is 7.11 Å². The fourth-order valence-corrected chi connectivity index (χ4v) is 2.31. The quantitative estimate of drug-likeness (QED) is 0.778. The molecule has 17 heavy (non-hydrogen) atoms. The molecule has 0 amide bonds. The second kappa shape index (κ2) is 4.13. The van der Waals surface area contributed by atoms with Crippen LogP contribution in [-0.4, -0.2) is 7.11 Å². The van der Waals surface area contributed by atoms with E-state index >= 15 is 0 Å². The molecule has 0 aliphatic carbocycles. The van der Waals surface area contributed by atoms with Crippen LogP contribution >= 0.6 is 0 Å². The lowest BCUT2D eigenvalue weighted by Gasteiger charge is -2.17. The Labute approximate surface area is 101 Å². The fraction of sp³-hybridized carbons (Fsp3) is 0.200. The van der Waals surface area contributed by atoms with Gasteiger partial charge in [-0.15, -0.1) is 0 Å². The Balaban J connectivity index is 1.83. The Morgan fingerprint density at radius 1 is 0.882 bits per heavy atom. The van der Waals surface area contributed by atoms with E-state index in [0.717, 1.165) is 18.8 Å². The van der Waals surface area contributed by atoms with Gasteiger partial charge in [-0.2, -0.15) is 0 Å². The molecule has 1 aliphatic rings. The maximum Gasteiger partial charge on any atom is 0.119 e. The average molecular weight is 225 g/mol. The number of fused-ring (bicyclic) bond motifs is 1. The highest BCUT2D eigenvalue weighted by atomic mass is 16.5. The number of ether oxygens (including phenoxy) is 1. The topological polar surface area (TPSA) is 12.5 Å². The van der Waals surface area contributed by atoms with Crippen molar-refractivity contribution in [3.05, 3.63) is 59.7 Å². The molecule has 3 rings (SSSR count). The molecule has 0 atom stereocenters. The Morgan fingerprint density at radius 3 is 2.00 bits per heavy atom. The van der Waals surface area contributed by atoms with Gasteiger partial charge in [0.05, 0.1) is 7.11 Å². The summed E-state index contributed by atoms with van der Waals surface area (Å²) in [6.07, 6.45) is 0. The number of methoxy groups -OCH3 is 1. The molecule has 2 nitrogen and oxygen atoms in total. The molecular formula is C15H15NO. The van der Waals surface area contributed by atoms with Gasteiger partial charge in [0.15, 0.2) is 0 Å². The zero-order valence-corrected chi connectivity index (χ0v) is 9.89. The molecule has 2 aromatic carbocycles. The van der Waals surface area contributed by atoms with E-state index in [1.165, 1.54) is 16.8 Å². The van der Waals surface area contributed by atoms with Crippen LogP contribution in [0, 0.1) is 0 Å². The number of hydrogen-bond acceptors (Lipinski definition) is 2. The van der Waals surface area contributed by atoms with E-state index in [-0.39, 0.29) is 0 Å². The van der Waals surface area contributed by atoms with Crippen LogP contribution in [0.2, 0.25) is 0 Å². The van der Waals surface area contributed by atoms with Crippen LogP contribution < -0.4 is 9.64 Å². The molecule has 0 fully saturated rings. The van der Waals surface area contributed by atoms with E-state index in [1.807, 2.05) is 12.1 Å². The first-order chi connectivity index (χ1) is 8.36. The van der Waals surface area contributed by atoms with E-state index < -0.39 is 0 Å². The van der Waals surface area contributed by atoms with Gasteiger partial charge in [-0.3, -0.25) is 0 Å². The molecule has 0 unspecified atom stereocenters. The minimum absolute atomic E-state index is 0.908. The van der Waals surface area contributed by atoms with Crippen molar-refractivity contribution in [2.24, 2.45) is 0 Å². The largest absolute Gasteiger partial charge is 0.497 e. The third-order valence-electron chi connectivity index (χ3n) is 3.28. The van der Waals surface area contributed by atoms with Gasteiger partial charge in [-0.05, 0) is 35.4 Å². The van der Waals surface area contributed by atoms with Crippen molar-refractivity contribution in [3.8, 4) is 5.75 Å². The van der Waals surface area contributed by atoms with Gasteiger partial charge in [0.1, 0.15) is 5.75 Å². The van der Waals surface area contributed by atoms with Crippen molar-refractivity contribution in [1.82, 2.24) is 0 Å². The van der Waals surface area contributed by atoms with Crippen LogP contribution in [0.1, 0.15) is 11.1 Å². The number of anilines is 1. The van der Waals surface area contributed by atoms with Crippen molar-refractivity contribution in [3.63, 3.8) is 0 Å². The van der Waals surface area contributed by atoms with Crippen molar-refractivity contribution in [2.75, 3.05) is 12.0 Å². The molecule has 1 aliphatic heterocycles. The zero-order chi connectivity index (χ0) is 11.7. The predicted molar refractivity (Wildman–Crippen MR) is 69.3 cm³/mol. The SMILES string of the molecule is COc1ccc(N2Cc3ccccc3C2)cc1. The van der Waals surface area contributed by atoms with Gasteiger partial charge >= 0.3 is 0 Å². The van der Waals surface area contributed by atoms with Crippen molar-refractivity contribution in [1.29, 1.82) is 0 Å². The summed E-state index contributed by atoms with van der Waals surface area (Å²) in [4.78, 5) is 2.38. The molecule has 1 heterocycles. The minimum Gasteiger partial charge on any atom is -0.497 e. The summed E-state index contributed by atoms with van der Waals surface area (Å²) < 4.78 is 5.18. The second-order valence-electron chi connectivity index (χ2n) is 4.32. The third kappa shape index (κ3) is 1.86. The summed E-state index contributed by atoms with van der Waals surface area (Å²) in [5, 5.41) is 0. The molecule has 0 N–H and O–H groups in total. The van der Waals surface area contributed by atoms with Gasteiger partial charge in [0.2, 0.25) is 0 Å². The standard InChI is InChI=1S/C15H15NO/c1-17-15-8-6-14(7-9-15)16-10-12-4-2-3-5-13(12)11-16/h2-9H,10-11H2,1H3. The van der Waals surface area contributed by atoms with Gasteiger partial charge in [0, 0.05) is 18.8 Å². The highest BCUT2D eigenvalue weighted by Crippen LogP contribution is 2.28. The van der Waals surface area contributed by atoms with E-state index in [0.29, 0.717) is 0 Å². The molecule has 0 bridgehead atoms. The van der Waals surface area contributed by atoms with E-state index in [9.17, 15) is 0 Å². The van der Waals surface area contributed by atoms with Gasteiger partial charge < -0.3 is 9.64 Å². The number of nitrogens with zero attached hydrogens (tertiary/aromatic N) is 1. The molecule has 0 spiro atoms. The number of hydrogen-bond donors (Lipinski definition) is 0. The summed E-state index contributed by atoms with van der Waals surface area (Å²) in [6.45, 7) is 2.00. The Hall–Kier alpha value is -1.96. The Bertz CT molecular complexity index is 494. The molecule has 2 heteroatoms. The summed E-state index contributed by atoms with van der Waals surface area (Å²) in [6, 6.07) is 16.9. The van der Waals surface area contributed by atoms with Crippen LogP contribution in [0.4, 0.5) is 5.69 Å². The highest BCUT2D eigenvalue weighted by molar-refractivity contribution is 5.53. The summed E-state index contributed by atoms with van der Waals surface area (Å²) in [7, 11) is 1.70.